The second kappa shape index (κ2) is 17.0. The highest BCUT2D eigenvalue weighted by Crippen LogP contribution is 2.49. The number of nitrogens with zero attached hydrogens (tertiary/aromatic N) is 2. The van der Waals surface area contributed by atoms with Crippen molar-refractivity contribution in [2.75, 3.05) is 4.90 Å². The fourth-order valence-electron chi connectivity index (χ4n) is 10.1. The third kappa shape index (κ3) is 7.15. The fourth-order valence-corrected chi connectivity index (χ4v) is 10.1. The Hall–Kier alpha value is -8.79. The molecule has 12 rings (SSSR count). The molecule has 0 fully saturated rings. The van der Waals surface area contributed by atoms with Gasteiger partial charge in [-0.25, -0.2) is 4.39 Å². The highest BCUT2D eigenvalue weighted by molar-refractivity contribution is 6.16. The van der Waals surface area contributed by atoms with E-state index in [9.17, 15) is 4.39 Å². The van der Waals surface area contributed by atoms with Gasteiger partial charge in [-0.05, 0) is 122 Å². The van der Waals surface area contributed by atoms with Crippen molar-refractivity contribution in [3.05, 3.63) is 267 Å². The molecule has 0 saturated heterocycles. The predicted octanol–water partition coefficient (Wildman–Crippen LogP) is 17.9. The summed E-state index contributed by atoms with van der Waals surface area (Å²) in [5, 5.41) is 4.57. The summed E-state index contributed by atoms with van der Waals surface area (Å²) in [7, 11) is 0. The number of aromatic nitrogens is 1. The Bertz CT molecular complexity index is 3760. The molecule has 67 heavy (non-hydrogen) atoms. The summed E-state index contributed by atoms with van der Waals surface area (Å²) in [6.07, 6.45) is 0. The molecule has 1 heterocycles. The molecule has 11 aromatic carbocycles. The van der Waals surface area contributed by atoms with Crippen LogP contribution in [0.2, 0.25) is 0 Å². The molecule has 0 aliphatic heterocycles. The first-order valence-corrected chi connectivity index (χ1v) is 22.8. The number of fused-ring (bicyclic) bond motifs is 4. The van der Waals surface area contributed by atoms with Crippen LogP contribution in [-0.2, 0) is 0 Å². The Morgan fingerprint density at radius 3 is 1.64 bits per heavy atom. The molecule has 12 aromatic rings. The number of hydrogen-bond acceptors (Lipinski definition) is 1. The van der Waals surface area contributed by atoms with Gasteiger partial charge in [0.1, 0.15) is 5.82 Å². The van der Waals surface area contributed by atoms with E-state index in [-0.39, 0.29) is 5.82 Å². The Labute approximate surface area is 389 Å². The summed E-state index contributed by atoms with van der Waals surface area (Å²) in [6, 6.07) is 91.7. The van der Waals surface area contributed by atoms with Gasteiger partial charge in [0.25, 0.3) is 0 Å². The minimum atomic E-state index is -0.258. The van der Waals surface area contributed by atoms with Gasteiger partial charge in [0.2, 0.25) is 0 Å². The molecular formula is C64H43FN2. The van der Waals surface area contributed by atoms with E-state index in [4.69, 9.17) is 0 Å². The van der Waals surface area contributed by atoms with Crippen molar-refractivity contribution in [1.82, 2.24) is 4.57 Å². The first-order valence-electron chi connectivity index (χ1n) is 22.8. The number of benzene rings is 11. The van der Waals surface area contributed by atoms with Crippen molar-refractivity contribution < 1.29 is 4.39 Å². The van der Waals surface area contributed by atoms with Crippen LogP contribution in [0.5, 0.6) is 0 Å². The molecule has 0 radical (unpaired) electrons. The Morgan fingerprint density at radius 2 is 0.866 bits per heavy atom. The number of para-hydroxylation sites is 3. The number of halogens is 1. The van der Waals surface area contributed by atoms with Crippen molar-refractivity contribution in [3.8, 4) is 61.3 Å². The van der Waals surface area contributed by atoms with Gasteiger partial charge in [0, 0.05) is 33.3 Å². The number of hydrogen-bond donors (Lipinski definition) is 0. The number of anilines is 3. The summed E-state index contributed by atoms with van der Waals surface area (Å²) < 4.78 is 17.3. The molecule has 3 heteroatoms. The van der Waals surface area contributed by atoms with Gasteiger partial charge in [0.05, 0.1) is 22.4 Å². The molecule has 0 spiro atoms. The lowest BCUT2D eigenvalue weighted by molar-refractivity contribution is 0.628. The van der Waals surface area contributed by atoms with E-state index in [2.05, 4.69) is 246 Å². The van der Waals surface area contributed by atoms with Gasteiger partial charge in [-0.3, -0.25) is 0 Å². The molecule has 0 N–H and O–H groups in total. The lowest BCUT2D eigenvalue weighted by Crippen LogP contribution is -2.13. The molecule has 0 aliphatic rings. The van der Waals surface area contributed by atoms with Crippen molar-refractivity contribution >= 4 is 49.6 Å². The summed E-state index contributed by atoms with van der Waals surface area (Å²) in [6.45, 7) is 0. The quantitative estimate of drug-likeness (QED) is 0.140. The monoisotopic (exact) mass is 858 g/mol. The molecule has 1 aromatic heterocycles. The zero-order valence-electron chi connectivity index (χ0n) is 36.6. The Morgan fingerprint density at radius 1 is 0.313 bits per heavy atom. The van der Waals surface area contributed by atoms with Crippen molar-refractivity contribution in [2.24, 2.45) is 0 Å². The molecule has 0 amide bonds. The first kappa shape index (κ1) is 39.8. The van der Waals surface area contributed by atoms with Crippen LogP contribution in [0.15, 0.2) is 261 Å². The van der Waals surface area contributed by atoms with Gasteiger partial charge in [-0.15, -0.1) is 0 Å². The third-order valence-electron chi connectivity index (χ3n) is 13.0. The normalized spacial score (nSPS) is 11.4. The minimum absolute atomic E-state index is 0.258. The van der Waals surface area contributed by atoms with E-state index in [1.54, 1.807) is 12.1 Å². The maximum absolute atomic E-state index is 14.9. The van der Waals surface area contributed by atoms with Gasteiger partial charge in [-0.2, -0.15) is 0 Å². The molecule has 0 atom stereocenters. The van der Waals surface area contributed by atoms with Crippen molar-refractivity contribution in [3.63, 3.8) is 0 Å². The summed E-state index contributed by atoms with van der Waals surface area (Å²) in [5.74, 6) is -0.258. The molecule has 0 unspecified atom stereocenters. The highest BCUT2D eigenvalue weighted by atomic mass is 19.1. The van der Waals surface area contributed by atoms with Gasteiger partial charge < -0.3 is 9.47 Å². The molecule has 2 nitrogen and oxygen atoms in total. The van der Waals surface area contributed by atoms with E-state index in [1.165, 1.54) is 22.4 Å². The standard InChI is InChI=1S/C64H43FN2/c65-50-27-14-25-48(41-50)53-33-16-23-46-24-17-35-56(63(46)53)55-31-10-12-36-59(55)67(61-40-39-47(44-19-4-1-5-20-44)43-58(61)45-21-6-2-7-22-45)52-30-15-26-49(42-52)54-34-18-38-62-64(54)57-32-11-13-37-60(57)66(62)51-28-8-3-9-29-51/h1-43H. The van der Waals surface area contributed by atoms with Crippen LogP contribution in [0.1, 0.15) is 0 Å². The second-order valence-corrected chi connectivity index (χ2v) is 17.0. The lowest BCUT2D eigenvalue weighted by Gasteiger charge is -2.31. The average Bonchev–Trinajstić information content (AvgIpc) is 3.74. The predicted molar refractivity (Wildman–Crippen MR) is 280 cm³/mol. The molecular weight excluding hydrogens is 816 g/mol. The topological polar surface area (TPSA) is 8.17 Å². The maximum atomic E-state index is 14.9. The highest BCUT2D eigenvalue weighted by Gasteiger charge is 2.24. The first-order chi connectivity index (χ1) is 33.2. The van der Waals surface area contributed by atoms with Crippen LogP contribution in [0, 0.1) is 5.82 Å². The van der Waals surface area contributed by atoms with E-state index < -0.39 is 0 Å². The average molecular weight is 859 g/mol. The SMILES string of the molecule is Fc1cccc(-c2cccc3cccc(-c4ccccc4N(c4cccc(-c5cccc6c5c5ccccc5n6-c5ccccc5)c4)c4ccc(-c5ccccc5)cc4-c4ccccc4)c23)c1. The zero-order chi connectivity index (χ0) is 44.7. The number of rotatable bonds is 9. The minimum Gasteiger partial charge on any atom is -0.309 e. The van der Waals surface area contributed by atoms with E-state index >= 15 is 0 Å². The van der Waals surface area contributed by atoms with Crippen LogP contribution < -0.4 is 4.90 Å². The Kier molecular flexibility index (Phi) is 10.1. The molecule has 0 bridgehead atoms. The van der Waals surface area contributed by atoms with Crippen LogP contribution in [0.3, 0.4) is 0 Å². The molecule has 316 valence electrons. The summed E-state index contributed by atoms with van der Waals surface area (Å²) in [5.41, 5.74) is 17.3. The van der Waals surface area contributed by atoms with Crippen LogP contribution in [0.4, 0.5) is 21.5 Å². The van der Waals surface area contributed by atoms with Gasteiger partial charge in [0.15, 0.2) is 0 Å². The molecule has 0 aliphatic carbocycles. The van der Waals surface area contributed by atoms with Crippen LogP contribution in [-0.4, -0.2) is 4.57 Å². The lowest BCUT2D eigenvalue weighted by atomic mass is 9.90. The smallest absolute Gasteiger partial charge is 0.123 e. The van der Waals surface area contributed by atoms with E-state index in [0.717, 1.165) is 94.7 Å². The maximum Gasteiger partial charge on any atom is 0.123 e. The van der Waals surface area contributed by atoms with Gasteiger partial charge >= 0.3 is 0 Å². The molecule has 0 saturated carbocycles. The zero-order valence-corrected chi connectivity index (χ0v) is 36.6. The fraction of sp³-hybridized carbons (Fsp3) is 0. The third-order valence-corrected chi connectivity index (χ3v) is 13.0. The second-order valence-electron chi connectivity index (χ2n) is 17.0. The largest absolute Gasteiger partial charge is 0.309 e. The van der Waals surface area contributed by atoms with Gasteiger partial charge in [-0.1, -0.05) is 194 Å². The van der Waals surface area contributed by atoms with Crippen molar-refractivity contribution in [2.45, 2.75) is 0 Å². The Balaban J connectivity index is 1.13. The summed E-state index contributed by atoms with van der Waals surface area (Å²) >= 11 is 0. The van der Waals surface area contributed by atoms with E-state index in [1.807, 2.05) is 6.07 Å². The van der Waals surface area contributed by atoms with Crippen LogP contribution >= 0.6 is 0 Å². The van der Waals surface area contributed by atoms with E-state index in [0.29, 0.717) is 0 Å². The van der Waals surface area contributed by atoms with Crippen LogP contribution in [0.25, 0.3) is 93.9 Å². The summed E-state index contributed by atoms with van der Waals surface area (Å²) in [4.78, 5) is 2.44. The van der Waals surface area contributed by atoms with Crippen molar-refractivity contribution in [1.29, 1.82) is 0 Å².